The number of fused-ring (bicyclic) bond motifs is 1. The second-order valence-electron chi connectivity index (χ2n) is 3.87. The largest absolute Gasteiger partial charge is 0.435 e. The van der Waals surface area contributed by atoms with E-state index in [0.717, 1.165) is 6.07 Å². The van der Waals surface area contributed by atoms with Crippen LogP contribution in [0, 0.1) is 5.82 Å². The highest BCUT2D eigenvalue weighted by Gasteiger charge is 2.13. The summed E-state index contributed by atoms with van der Waals surface area (Å²) in [6.07, 6.45) is 2.83. The van der Waals surface area contributed by atoms with E-state index in [4.69, 9.17) is 0 Å². The molecular formula is C12H7F3N4O. The maximum absolute atomic E-state index is 13.9. The van der Waals surface area contributed by atoms with Crippen molar-refractivity contribution in [2.45, 2.75) is 6.61 Å². The lowest BCUT2D eigenvalue weighted by molar-refractivity contribution is -0.0499. The van der Waals surface area contributed by atoms with Crippen LogP contribution < -0.4 is 4.74 Å². The van der Waals surface area contributed by atoms with Gasteiger partial charge in [0, 0.05) is 6.07 Å². The Hall–Kier alpha value is -2.64. The Morgan fingerprint density at radius 2 is 2.10 bits per heavy atom. The van der Waals surface area contributed by atoms with Crippen LogP contribution in [0.4, 0.5) is 13.2 Å². The third-order valence-corrected chi connectivity index (χ3v) is 2.58. The first-order valence-electron chi connectivity index (χ1n) is 5.54. The van der Waals surface area contributed by atoms with Crippen molar-refractivity contribution in [2.24, 2.45) is 0 Å². The van der Waals surface area contributed by atoms with E-state index in [0.29, 0.717) is 11.2 Å². The lowest BCUT2D eigenvalue weighted by Gasteiger charge is -2.05. The molecule has 1 N–H and O–H groups in total. The minimum atomic E-state index is -3.00. The van der Waals surface area contributed by atoms with Crippen LogP contribution in [0.1, 0.15) is 0 Å². The minimum absolute atomic E-state index is 0.129. The molecule has 102 valence electrons. The minimum Gasteiger partial charge on any atom is -0.435 e. The maximum Gasteiger partial charge on any atom is 0.387 e. The number of nitrogens with zero attached hydrogens (tertiary/aromatic N) is 3. The van der Waals surface area contributed by atoms with Crippen molar-refractivity contribution in [1.82, 2.24) is 19.9 Å². The molecular weight excluding hydrogens is 273 g/mol. The summed E-state index contributed by atoms with van der Waals surface area (Å²) in [5, 5.41) is 0. The van der Waals surface area contributed by atoms with Gasteiger partial charge in [-0.25, -0.2) is 19.3 Å². The van der Waals surface area contributed by atoms with E-state index < -0.39 is 12.4 Å². The number of hydrogen-bond acceptors (Lipinski definition) is 4. The molecule has 0 aliphatic heterocycles. The Kier molecular flexibility index (Phi) is 2.97. The Bertz CT molecular complexity index is 726. The fraction of sp³-hybridized carbons (Fsp3) is 0.0833. The number of halogens is 3. The van der Waals surface area contributed by atoms with Crippen molar-refractivity contribution in [3.63, 3.8) is 0 Å². The van der Waals surface area contributed by atoms with Crippen LogP contribution >= 0.6 is 0 Å². The number of hydrogen-bond donors (Lipinski definition) is 1. The van der Waals surface area contributed by atoms with Crippen molar-refractivity contribution >= 4 is 11.2 Å². The highest BCUT2D eigenvalue weighted by atomic mass is 19.3. The molecule has 0 aliphatic carbocycles. The van der Waals surface area contributed by atoms with E-state index in [1.54, 1.807) is 0 Å². The van der Waals surface area contributed by atoms with Gasteiger partial charge >= 0.3 is 6.61 Å². The van der Waals surface area contributed by atoms with Gasteiger partial charge in [-0.1, -0.05) is 0 Å². The summed E-state index contributed by atoms with van der Waals surface area (Å²) in [6.45, 7) is -3.00. The van der Waals surface area contributed by atoms with Gasteiger partial charge in [-0.2, -0.15) is 8.78 Å². The Morgan fingerprint density at radius 1 is 1.25 bits per heavy atom. The van der Waals surface area contributed by atoms with Crippen LogP contribution in [-0.4, -0.2) is 26.5 Å². The normalized spacial score (nSPS) is 11.2. The number of nitrogens with one attached hydrogen (secondary N) is 1. The molecule has 0 bridgehead atoms. The molecule has 0 saturated heterocycles. The third kappa shape index (κ3) is 2.27. The smallest absolute Gasteiger partial charge is 0.387 e. The summed E-state index contributed by atoms with van der Waals surface area (Å²) in [5.74, 6) is -0.742. The zero-order valence-electron chi connectivity index (χ0n) is 9.85. The molecule has 20 heavy (non-hydrogen) atoms. The summed E-state index contributed by atoms with van der Waals surface area (Å²) in [5.41, 5.74) is 1.07. The average Bonchev–Trinajstić information content (AvgIpc) is 2.81. The SMILES string of the molecule is Fc1cc(OC(F)F)ccc1-c1nc2ncncc2[nH]1. The molecule has 0 unspecified atom stereocenters. The van der Waals surface area contributed by atoms with E-state index in [-0.39, 0.29) is 17.1 Å². The second-order valence-corrected chi connectivity index (χ2v) is 3.87. The van der Waals surface area contributed by atoms with Crippen molar-refractivity contribution in [3.8, 4) is 17.1 Å². The zero-order valence-corrected chi connectivity index (χ0v) is 9.85. The average molecular weight is 280 g/mol. The first kappa shape index (κ1) is 12.4. The zero-order chi connectivity index (χ0) is 14.1. The van der Waals surface area contributed by atoms with E-state index >= 15 is 0 Å². The van der Waals surface area contributed by atoms with Crippen molar-refractivity contribution in [3.05, 3.63) is 36.5 Å². The van der Waals surface area contributed by atoms with Crippen LogP contribution in [0.25, 0.3) is 22.6 Å². The first-order valence-corrected chi connectivity index (χ1v) is 5.54. The summed E-state index contributed by atoms with van der Waals surface area (Å²) in [7, 11) is 0. The maximum atomic E-state index is 13.9. The van der Waals surface area contributed by atoms with Crippen molar-refractivity contribution in [1.29, 1.82) is 0 Å². The molecule has 0 aliphatic rings. The van der Waals surface area contributed by atoms with Crippen LogP contribution in [-0.2, 0) is 0 Å². The number of benzene rings is 1. The van der Waals surface area contributed by atoms with E-state index in [2.05, 4.69) is 24.7 Å². The highest BCUT2D eigenvalue weighted by Crippen LogP contribution is 2.26. The molecule has 8 heteroatoms. The molecule has 5 nitrogen and oxygen atoms in total. The number of rotatable bonds is 3. The van der Waals surface area contributed by atoms with Gasteiger partial charge in [-0.3, -0.25) is 0 Å². The fourth-order valence-corrected chi connectivity index (χ4v) is 1.75. The van der Waals surface area contributed by atoms with E-state index in [9.17, 15) is 13.2 Å². The molecule has 2 heterocycles. The molecule has 0 fully saturated rings. The van der Waals surface area contributed by atoms with Gasteiger partial charge in [0.05, 0.1) is 11.8 Å². The summed E-state index contributed by atoms with van der Waals surface area (Å²) in [4.78, 5) is 14.7. The summed E-state index contributed by atoms with van der Waals surface area (Å²) >= 11 is 0. The van der Waals surface area contributed by atoms with Gasteiger partial charge in [0.2, 0.25) is 0 Å². The van der Waals surface area contributed by atoms with Crippen LogP contribution in [0.2, 0.25) is 0 Å². The third-order valence-electron chi connectivity index (χ3n) is 2.58. The van der Waals surface area contributed by atoms with Gasteiger partial charge in [0.25, 0.3) is 0 Å². The Balaban J connectivity index is 2.01. The Labute approximate surface area is 110 Å². The molecule has 2 aromatic heterocycles. The first-order chi connectivity index (χ1) is 9.63. The topological polar surface area (TPSA) is 63.7 Å². The monoisotopic (exact) mass is 280 g/mol. The molecule has 0 saturated carbocycles. The number of H-pyrrole nitrogens is 1. The van der Waals surface area contributed by atoms with Crippen molar-refractivity contribution in [2.75, 3.05) is 0 Å². The van der Waals surface area contributed by atoms with Gasteiger partial charge in [-0.05, 0) is 12.1 Å². The van der Waals surface area contributed by atoms with Crippen LogP contribution in [0.3, 0.4) is 0 Å². The Morgan fingerprint density at radius 3 is 2.80 bits per heavy atom. The lowest BCUT2D eigenvalue weighted by atomic mass is 10.2. The fourth-order valence-electron chi connectivity index (χ4n) is 1.75. The van der Waals surface area contributed by atoms with E-state index in [1.165, 1.54) is 24.7 Å². The number of alkyl halides is 2. The lowest BCUT2D eigenvalue weighted by Crippen LogP contribution is -2.02. The predicted octanol–water partition coefficient (Wildman–Crippen LogP) is 2.76. The van der Waals surface area contributed by atoms with Gasteiger partial charge < -0.3 is 9.72 Å². The molecule has 3 rings (SSSR count). The number of ether oxygens (including phenoxy) is 1. The van der Waals surface area contributed by atoms with Crippen molar-refractivity contribution < 1.29 is 17.9 Å². The number of aromatic amines is 1. The van der Waals surface area contributed by atoms with E-state index in [1.807, 2.05) is 0 Å². The molecule has 3 aromatic rings. The number of aromatic nitrogens is 4. The van der Waals surface area contributed by atoms with Crippen LogP contribution in [0.15, 0.2) is 30.7 Å². The predicted molar refractivity (Wildman–Crippen MR) is 63.7 cm³/mol. The molecule has 0 atom stereocenters. The molecule has 0 radical (unpaired) electrons. The number of imidazole rings is 1. The van der Waals surface area contributed by atoms with Gasteiger partial charge in [0.15, 0.2) is 5.65 Å². The standard InChI is InChI=1S/C12H7F3N4O/c13-8-3-6(20-12(14)15)1-2-7(8)10-18-9-4-16-5-17-11(9)19-10/h1-5,12H,(H,16,17,18,19). The van der Waals surface area contributed by atoms with Gasteiger partial charge in [0.1, 0.15) is 29.2 Å². The highest BCUT2D eigenvalue weighted by molar-refractivity contribution is 5.75. The second kappa shape index (κ2) is 4.80. The quantitative estimate of drug-likeness (QED) is 0.801. The molecule has 0 amide bonds. The molecule has 1 aromatic carbocycles. The van der Waals surface area contributed by atoms with Crippen LogP contribution in [0.5, 0.6) is 5.75 Å². The summed E-state index contributed by atoms with van der Waals surface area (Å²) in [6, 6.07) is 3.42. The molecule has 0 spiro atoms. The van der Waals surface area contributed by atoms with Gasteiger partial charge in [-0.15, -0.1) is 0 Å². The summed E-state index contributed by atoms with van der Waals surface area (Å²) < 4.78 is 42.1.